The van der Waals surface area contributed by atoms with Crippen molar-refractivity contribution in [2.24, 2.45) is 5.73 Å². The SMILES string of the molecule is NC(=O)O[SiH3].O=C(O)N[SiH3]. The minimum Gasteiger partial charge on any atom is -0.513 e. The summed E-state index contributed by atoms with van der Waals surface area (Å²) in [5, 5.41) is 7.65. The largest absolute Gasteiger partial charge is 0.513 e. The Kier molecular flexibility index (Phi) is 9.35. The second-order valence-electron chi connectivity index (χ2n) is 1.08. The Bertz CT molecular complexity index is 104. The summed E-state index contributed by atoms with van der Waals surface area (Å²) in [4.78, 5) is 20.8. The lowest BCUT2D eigenvalue weighted by atomic mass is 11.3. The van der Waals surface area contributed by atoms with Crippen molar-refractivity contribution in [3.63, 3.8) is 0 Å². The van der Waals surface area contributed by atoms with Gasteiger partial charge in [-0.25, -0.2) is 9.59 Å². The molecule has 4 N–H and O–H groups in total. The predicted molar refractivity (Wildman–Crippen MR) is 41.7 cm³/mol. The monoisotopic (exact) mass is 182 g/mol. The first-order valence-electron chi connectivity index (χ1n) is 2.28. The van der Waals surface area contributed by atoms with E-state index in [1.165, 1.54) is 0 Å². The van der Waals surface area contributed by atoms with E-state index in [1.807, 2.05) is 0 Å². The first kappa shape index (κ1) is 11.7. The van der Waals surface area contributed by atoms with Crippen molar-refractivity contribution in [2.75, 3.05) is 0 Å². The normalized spacial score (nSPS) is 7.20. The smallest absolute Gasteiger partial charge is 0.395 e. The van der Waals surface area contributed by atoms with E-state index in [1.54, 1.807) is 0 Å². The van der Waals surface area contributed by atoms with Crippen LogP contribution in [0.5, 0.6) is 0 Å². The number of carboxylic acid groups (broad SMARTS) is 1. The summed E-state index contributed by atoms with van der Waals surface area (Å²) < 4.78 is 4.03. The molecule has 0 bridgehead atoms. The van der Waals surface area contributed by atoms with Crippen LogP contribution in [0.4, 0.5) is 9.59 Å². The minimum atomic E-state index is -0.934. The van der Waals surface area contributed by atoms with Crippen LogP contribution in [-0.4, -0.2) is 38.2 Å². The number of rotatable bonds is 0. The van der Waals surface area contributed by atoms with E-state index >= 15 is 0 Å². The number of carbonyl (C=O) groups excluding carboxylic acids is 1. The van der Waals surface area contributed by atoms with Gasteiger partial charge in [0.15, 0.2) is 0 Å². The molecule has 6 nitrogen and oxygen atoms in total. The number of nitrogens with one attached hydrogen (secondary N) is 1. The summed E-state index contributed by atoms with van der Waals surface area (Å²) in [6, 6.07) is 0. The standard InChI is InChI=1S/2CH5NO2Si/c2-1(3)4-5;3-1(4)2-5/h5H3,(H2,2,3);2H,5H3,(H,3,4). The maximum atomic E-state index is 9.40. The molecule has 0 saturated carbocycles. The minimum absolute atomic E-state index is 0.399. The quantitative estimate of drug-likeness (QED) is 0.345. The molecule has 0 saturated heterocycles. The first-order valence-corrected chi connectivity index (χ1v) is 4.10. The van der Waals surface area contributed by atoms with Crippen LogP contribution in [0.2, 0.25) is 0 Å². The van der Waals surface area contributed by atoms with E-state index in [0.717, 1.165) is 0 Å². The van der Waals surface area contributed by atoms with Crippen LogP contribution in [0.1, 0.15) is 0 Å². The molecule has 0 aliphatic carbocycles. The Hall–Kier alpha value is -1.03. The van der Waals surface area contributed by atoms with Crippen LogP contribution < -0.4 is 10.7 Å². The molecule has 0 aromatic rings. The highest BCUT2D eigenvalue weighted by Crippen LogP contribution is 1.53. The van der Waals surface area contributed by atoms with Gasteiger partial charge in [0.25, 0.3) is 0 Å². The van der Waals surface area contributed by atoms with Gasteiger partial charge >= 0.3 is 12.2 Å². The maximum absolute atomic E-state index is 9.40. The molecule has 0 aliphatic heterocycles. The zero-order valence-corrected chi connectivity index (χ0v) is 9.75. The van der Waals surface area contributed by atoms with Crippen LogP contribution >= 0.6 is 0 Å². The molecule has 0 atom stereocenters. The lowest BCUT2D eigenvalue weighted by Crippen LogP contribution is -2.15. The molecule has 2 amide bonds. The summed E-state index contributed by atoms with van der Waals surface area (Å²) in [6.45, 7) is 0. The molecule has 60 valence electrons. The van der Waals surface area contributed by atoms with Crippen LogP contribution in [0.3, 0.4) is 0 Å². The molecule has 0 heterocycles. The van der Waals surface area contributed by atoms with Crippen LogP contribution in [-0.2, 0) is 4.43 Å². The maximum Gasteiger partial charge on any atom is 0.395 e. The third kappa shape index (κ3) is 28.1. The first-order chi connectivity index (χ1) is 4.54. The summed E-state index contributed by atoms with van der Waals surface area (Å²) in [5.41, 5.74) is 4.47. The van der Waals surface area contributed by atoms with E-state index in [0.29, 0.717) is 20.9 Å². The Balaban J connectivity index is 0. The zero-order chi connectivity index (χ0) is 8.57. The third-order valence-electron chi connectivity index (χ3n) is 0.415. The fourth-order valence-electron chi connectivity index (χ4n) is 0. The fraction of sp³-hybridized carbons (Fsp3) is 0. The van der Waals surface area contributed by atoms with Gasteiger partial charge in [0, 0.05) is 0 Å². The summed E-state index contributed by atoms with van der Waals surface area (Å²) in [7, 11) is 0.923. The Morgan fingerprint density at radius 1 is 1.60 bits per heavy atom. The van der Waals surface area contributed by atoms with Gasteiger partial charge in [0.1, 0.15) is 10.4 Å². The second kappa shape index (κ2) is 7.97. The number of primary amides is 1. The van der Waals surface area contributed by atoms with E-state index < -0.39 is 12.2 Å². The Morgan fingerprint density at radius 2 is 1.80 bits per heavy atom. The van der Waals surface area contributed by atoms with E-state index in [2.05, 4.69) is 15.1 Å². The Labute approximate surface area is 63.8 Å². The molecule has 0 aromatic carbocycles. The molecule has 10 heavy (non-hydrogen) atoms. The summed E-state index contributed by atoms with van der Waals surface area (Å²) in [5.74, 6) is 0. The average Bonchev–Trinajstić information content (AvgIpc) is 1.89. The van der Waals surface area contributed by atoms with Crippen molar-refractivity contribution in [1.29, 1.82) is 0 Å². The molecule has 0 unspecified atom stereocenters. The van der Waals surface area contributed by atoms with Gasteiger partial charge in [-0.1, -0.05) is 0 Å². The van der Waals surface area contributed by atoms with Gasteiger partial charge in [-0.15, -0.1) is 0 Å². The number of hydrogen-bond donors (Lipinski definition) is 3. The zero-order valence-electron chi connectivity index (χ0n) is 5.75. The summed E-state index contributed by atoms with van der Waals surface area (Å²) >= 11 is 0. The topological polar surface area (TPSA) is 102 Å². The van der Waals surface area contributed by atoms with Gasteiger partial charge in [0.05, 0.1) is 0 Å². The molecule has 0 spiro atoms. The Morgan fingerprint density at radius 3 is 1.80 bits per heavy atom. The average molecular weight is 182 g/mol. The van der Waals surface area contributed by atoms with Gasteiger partial charge in [0.2, 0.25) is 10.5 Å². The van der Waals surface area contributed by atoms with E-state index in [9.17, 15) is 9.59 Å². The second-order valence-corrected chi connectivity index (χ2v) is 1.99. The van der Waals surface area contributed by atoms with Gasteiger partial charge < -0.3 is 20.2 Å². The predicted octanol–water partition coefficient (Wildman–Crippen LogP) is -3.10. The molecular formula is C2H10N2O4Si2. The lowest BCUT2D eigenvalue weighted by Gasteiger charge is -1.82. The molecule has 0 radical (unpaired) electrons. The van der Waals surface area contributed by atoms with Crippen LogP contribution in [0.15, 0.2) is 0 Å². The summed E-state index contributed by atoms with van der Waals surface area (Å²) in [6.07, 6.45) is -1.62. The van der Waals surface area contributed by atoms with Crippen molar-refractivity contribution in [3.8, 4) is 0 Å². The number of nitrogens with two attached hydrogens (primary N) is 1. The molecule has 0 aromatic heterocycles. The number of amides is 2. The molecular weight excluding hydrogens is 172 g/mol. The number of carbonyl (C=O) groups is 2. The molecule has 8 heteroatoms. The van der Waals surface area contributed by atoms with Crippen LogP contribution in [0, 0.1) is 0 Å². The highest BCUT2D eigenvalue weighted by molar-refractivity contribution is 6.12. The highest BCUT2D eigenvalue weighted by atomic mass is 28.2. The van der Waals surface area contributed by atoms with Crippen molar-refractivity contribution >= 4 is 33.1 Å². The lowest BCUT2D eigenvalue weighted by molar-refractivity contribution is 0.201. The van der Waals surface area contributed by atoms with Crippen molar-refractivity contribution in [2.45, 2.75) is 0 Å². The highest BCUT2D eigenvalue weighted by Gasteiger charge is 1.76. The molecule has 0 aliphatic rings. The molecule has 0 fully saturated rings. The molecule has 0 rings (SSSR count). The third-order valence-corrected chi connectivity index (χ3v) is 1.25. The van der Waals surface area contributed by atoms with E-state index in [-0.39, 0.29) is 0 Å². The van der Waals surface area contributed by atoms with E-state index in [4.69, 9.17) is 5.11 Å². The van der Waals surface area contributed by atoms with Crippen molar-refractivity contribution in [1.82, 2.24) is 4.98 Å². The van der Waals surface area contributed by atoms with Gasteiger partial charge in [-0.3, -0.25) is 0 Å². The van der Waals surface area contributed by atoms with Crippen molar-refractivity contribution < 1.29 is 19.1 Å². The van der Waals surface area contributed by atoms with Crippen molar-refractivity contribution in [3.05, 3.63) is 0 Å². The number of hydrogen-bond acceptors (Lipinski definition) is 3. The van der Waals surface area contributed by atoms with Gasteiger partial charge in [-0.05, 0) is 0 Å². The fourth-order valence-corrected chi connectivity index (χ4v) is 0. The van der Waals surface area contributed by atoms with Gasteiger partial charge in [-0.2, -0.15) is 0 Å². The van der Waals surface area contributed by atoms with Crippen LogP contribution in [0.25, 0.3) is 0 Å².